The zero-order valence-corrected chi connectivity index (χ0v) is 16.2. The van der Waals surface area contributed by atoms with Crippen LogP contribution in [0.25, 0.3) is 32.9 Å². The number of pyridine rings is 1. The zero-order valence-electron chi connectivity index (χ0n) is 14.7. The molecule has 0 saturated heterocycles. The van der Waals surface area contributed by atoms with Gasteiger partial charge < -0.3 is 15.5 Å². The number of nitrogens with zero attached hydrogens (tertiary/aromatic N) is 1. The Kier molecular flexibility index (Phi) is 4.00. The quantitative estimate of drug-likeness (QED) is 0.448. The third-order valence-electron chi connectivity index (χ3n) is 5.11. The standard InChI is InChI=1S/C20H16Cl2N4O2/c21-13-4-3-10(12-7-24-26-19(12)13)17-11-5-16(28-8-9-1-2-9)14(22)6-15(11)25-20(27)18(17)23/h3-7,9H,1-2,8,23H2,(H,24,26)(H,25,27). The molecule has 0 aliphatic heterocycles. The van der Waals surface area contributed by atoms with E-state index in [1.165, 1.54) is 12.8 Å². The number of aromatic amines is 2. The number of aromatic nitrogens is 3. The first-order valence-electron chi connectivity index (χ1n) is 8.92. The van der Waals surface area contributed by atoms with Crippen molar-refractivity contribution in [2.24, 2.45) is 5.92 Å². The van der Waals surface area contributed by atoms with Crippen LogP contribution in [0.5, 0.6) is 5.75 Å². The number of hydrogen-bond donors (Lipinski definition) is 3. The van der Waals surface area contributed by atoms with E-state index in [2.05, 4.69) is 15.2 Å². The summed E-state index contributed by atoms with van der Waals surface area (Å²) in [6.07, 6.45) is 4.03. The zero-order chi connectivity index (χ0) is 19.4. The summed E-state index contributed by atoms with van der Waals surface area (Å²) in [5.74, 6) is 1.17. The van der Waals surface area contributed by atoms with E-state index in [0.717, 1.165) is 16.3 Å². The fourth-order valence-electron chi connectivity index (χ4n) is 3.42. The van der Waals surface area contributed by atoms with Gasteiger partial charge in [0.05, 0.1) is 33.9 Å². The first kappa shape index (κ1) is 17.4. The van der Waals surface area contributed by atoms with E-state index in [1.54, 1.807) is 18.3 Å². The summed E-state index contributed by atoms with van der Waals surface area (Å²) < 4.78 is 5.92. The van der Waals surface area contributed by atoms with Crippen LogP contribution in [0.3, 0.4) is 0 Å². The van der Waals surface area contributed by atoms with Gasteiger partial charge in [-0.05, 0) is 42.5 Å². The number of rotatable bonds is 4. The minimum atomic E-state index is -0.378. The molecule has 0 amide bonds. The van der Waals surface area contributed by atoms with Crippen molar-refractivity contribution < 1.29 is 4.74 Å². The lowest BCUT2D eigenvalue weighted by Crippen LogP contribution is -2.13. The molecule has 0 bridgehead atoms. The van der Waals surface area contributed by atoms with Gasteiger partial charge in [-0.3, -0.25) is 9.89 Å². The van der Waals surface area contributed by atoms with Gasteiger partial charge >= 0.3 is 0 Å². The molecule has 1 aliphatic carbocycles. The Morgan fingerprint density at radius 3 is 2.79 bits per heavy atom. The molecule has 8 heteroatoms. The molecule has 1 saturated carbocycles. The Labute approximate surface area is 169 Å². The fourth-order valence-corrected chi connectivity index (χ4v) is 3.85. The molecule has 0 spiro atoms. The number of anilines is 1. The number of benzene rings is 2. The molecule has 142 valence electrons. The molecule has 0 atom stereocenters. The van der Waals surface area contributed by atoms with Gasteiger partial charge in [-0.15, -0.1) is 0 Å². The van der Waals surface area contributed by atoms with Crippen molar-refractivity contribution in [3.05, 3.63) is 50.9 Å². The summed E-state index contributed by atoms with van der Waals surface area (Å²) in [7, 11) is 0. The van der Waals surface area contributed by atoms with Crippen LogP contribution in [-0.4, -0.2) is 21.8 Å². The molecule has 0 unspecified atom stereocenters. The average Bonchev–Trinajstić information content (AvgIpc) is 3.36. The van der Waals surface area contributed by atoms with Crippen molar-refractivity contribution >= 4 is 50.7 Å². The van der Waals surface area contributed by atoms with Crippen molar-refractivity contribution in [2.75, 3.05) is 12.3 Å². The molecule has 2 heterocycles. The fraction of sp³-hybridized carbons (Fsp3) is 0.200. The molecule has 6 nitrogen and oxygen atoms in total. The Bertz CT molecular complexity index is 1290. The molecule has 28 heavy (non-hydrogen) atoms. The predicted molar refractivity (Wildman–Crippen MR) is 112 cm³/mol. The number of fused-ring (bicyclic) bond motifs is 2. The van der Waals surface area contributed by atoms with Crippen LogP contribution in [0.1, 0.15) is 12.8 Å². The number of nitrogens with one attached hydrogen (secondary N) is 2. The number of H-pyrrole nitrogens is 2. The number of halogens is 2. The van der Waals surface area contributed by atoms with Gasteiger partial charge in [0.25, 0.3) is 5.56 Å². The van der Waals surface area contributed by atoms with E-state index in [-0.39, 0.29) is 11.2 Å². The van der Waals surface area contributed by atoms with Crippen molar-refractivity contribution in [1.29, 1.82) is 0 Å². The van der Waals surface area contributed by atoms with E-state index < -0.39 is 0 Å². The molecule has 1 aliphatic rings. The van der Waals surface area contributed by atoms with Gasteiger partial charge in [0, 0.05) is 16.3 Å². The molecule has 5 rings (SSSR count). The van der Waals surface area contributed by atoms with Crippen molar-refractivity contribution in [2.45, 2.75) is 12.8 Å². The Morgan fingerprint density at radius 1 is 1.18 bits per heavy atom. The SMILES string of the molecule is Nc1c(-c2ccc(Cl)c3[nH]ncc23)c2cc(OCC3CC3)c(Cl)cc2[nH]c1=O. The highest BCUT2D eigenvalue weighted by Gasteiger charge is 2.23. The van der Waals surface area contributed by atoms with E-state index >= 15 is 0 Å². The second kappa shape index (κ2) is 6.43. The molecule has 4 aromatic rings. The van der Waals surface area contributed by atoms with Gasteiger partial charge in [-0.25, -0.2) is 0 Å². The summed E-state index contributed by atoms with van der Waals surface area (Å²) in [4.78, 5) is 15.3. The van der Waals surface area contributed by atoms with Crippen molar-refractivity contribution in [3.8, 4) is 16.9 Å². The van der Waals surface area contributed by atoms with Gasteiger partial charge in [-0.1, -0.05) is 29.3 Å². The predicted octanol–water partition coefficient (Wildman–Crippen LogP) is 4.75. The highest BCUT2D eigenvalue weighted by molar-refractivity contribution is 6.36. The van der Waals surface area contributed by atoms with Crippen LogP contribution < -0.4 is 16.0 Å². The van der Waals surface area contributed by atoms with Crippen LogP contribution in [0.4, 0.5) is 5.69 Å². The third-order valence-corrected chi connectivity index (χ3v) is 5.72. The molecule has 2 aromatic heterocycles. The maximum Gasteiger partial charge on any atom is 0.272 e. The molecular formula is C20H16Cl2N4O2. The van der Waals surface area contributed by atoms with Crippen LogP contribution in [0.15, 0.2) is 35.3 Å². The summed E-state index contributed by atoms with van der Waals surface area (Å²) in [6.45, 7) is 0.631. The van der Waals surface area contributed by atoms with Gasteiger partial charge in [0.2, 0.25) is 0 Å². The lowest BCUT2D eigenvalue weighted by molar-refractivity contribution is 0.300. The first-order valence-corrected chi connectivity index (χ1v) is 9.68. The summed E-state index contributed by atoms with van der Waals surface area (Å²) in [6, 6.07) is 7.13. The van der Waals surface area contributed by atoms with Gasteiger partial charge in [0.15, 0.2) is 0 Å². The smallest absolute Gasteiger partial charge is 0.272 e. The van der Waals surface area contributed by atoms with Crippen LogP contribution >= 0.6 is 23.2 Å². The van der Waals surface area contributed by atoms with Crippen LogP contribution in [0, 0.1) is 5.92 Å². The van der Waals surface area contributed by atoms with E-state index in [4.69, 9.17) is 33.7 Å². The molecular weight excluding hydrogens is 399 g/mol. The second-order valence-electron chi connectivity index (χ2n) is 7.08. The Morgan fingerprint density at radius 2 is 2.00 bits per heavy atom. The monoisotopic (exact) mass is 414 g/mol. The van der Waals surface area contributed by atoms with E-state index in [9.17, 15) is 4.79 Å². The van der Waals surface area contributed by atoms with Crippen LogP contribution in [0.2, 0.25) is 10.0 Å². The minimum Gasteiger partial charge on any atom is -0.492 e. The summed E-state index contributed by atoms with van der Waals surface area (Å²) in [5, 5.41) is 9.49. The number of nitrogen functional groups attached to an aromatic ring is 1. The normalized spacial score (nSPS) is 14.1. The largest absolute Gasteiger partial charge is 0.492 e. The maximum absolute atomic E-state index is 12.5. The molecule has 1 fully saturated rings. The number of ether oxygens (including phenoxy) is 1. The highest BCUT2D eigenvalue weighted by atomic mass is 35.5. The van der Waals surface area contributed by atoms with Crippen molar-refractivity contribution in [3.63, 3.8) is 0 Å². The third kappa shape index (κ3) is 2.80. The Balaban J connectivity index is 1.79. The van der Waals surface area contributed by atoms with E-state index in [1.807, 2.05) is 12.1 Å². The second-order valence-corrected chi connectivity index (χ2v) is 7.89. The Hall–Kier alpha value is -2.70. The summed E-state index contributed by atoms with van der Waals surface area (Å²) >= 11 is 12.6. The lowest BCUT2D eigenvalue weighted by Gasteiger charge is -2.14. The maximum atomic E-state index is 12.5. The lowest BCUT2D eigenvalue weighted by atomic mass is 9.96. The van der Waals surface area contributed by atoms with Crippen molar-refractivity contribution in [1.82, 2.24) is 15.2 Å². The van der Waals surface area contributed by atoms with Gasteiger partial charge in [-0.2, -0.15) is 5.10 Å². The molecule has 0 radical (unpaired) electrons. The molecule has 4 N–H and O–H groups in total. The van der Waals surface area contributed by atoms with Gasteiger partial charge in [0.1, 0.15) is 11.4 Å². The average molecular weight is 415 g/mol. The summed E-state index contributed by atoms with van der Waals surface area (Å²) in [5.41, 5.74) is 8.60. The highest BCUT2D eigenvalue weighted by Crippen LogP contribution is 2.40. The number of nitrogens with two attached hydrogens (primary N) is 1. The number of hydrogen-bond acceptors (Lipinski definition) is 4. The first-order chi connectivity index (χ1) is 13.5. The van der Waals surface area contributed by atoms with E-state index in [0.29, 0.717) is 44.9 Å². The molecule has 2 aromatic carbocycles. The topological polar surface area (TPSA) is 96.8 Å². The van der Waals surface area contributed by atoms with Crippen LogP contribution in [-0.2, 0) is 0 Å². The minimum absolute atomic E-state index is 0.118.